The van der Waals surface area contributed by atoms with Gasteiger partial charge in [0.1, 0.15) is 0 Å². The van der Waals surface area contributed by atoms with Gasteiger partial charge in [-0.3, -0.25) is 15.2 Å². The molecule has 0 radical (unpaired) electrons. The molecule has 0 spiro atoms. The predicted molar refractivity (Wildman–Crippen MR) is 81.6 cm³/mol. The molecule has 1 N–H and O–H groups in total. The van der Waals surface area contributed by atoms with Crippen molar-refractivity contribution in [3.05, 3.63) is 51.4 Å². The first-order valence-corrected chi connectivity index (χ1v) is 7.69. The fourth-order valence-electron chi connectivity index (χ4n) is 1.73. The summed E-state index contributed by atoms with van der Waals surface area (Å²) in [7, 11) is 0. The molecule has 0 unspecified atom stereocenters. The highest BCUT2D eigenvalue weighted by Crippen LogP contribution is 2.34. The second kappa shape index (κ2) is 5.97. The van der Waals surface area contributed by atoms with Gasteiger partial charge in [-0.15, -0.1) is 16.4 Å². The lowest BCUT2D eigenvalue weighted by Gasteiger charge is -2.00. The van der Waals surface area contributed by atoms with Crippen LogP contribution in [0.2, 0.25) is 0 Å². The molecule has 0 amide bonds. The molecule has 0 aliphatic rings. The van der Waals surface area contributed by atoms with Crippen molar-refractivity contribution >= 4 is 28.8 Å². The maximum Gasteiger partial charge on any atom is 0.283 e. The van der Waals surface area contributed by atoms with Crippen molar-refractivity contribution in [2.45, 2.75) is 10.1 Å². The van der Waals surface area contributed by atoms with Crippen molar-refractivity contribution in [2.24, 2.45) is 0 Å². The third-order valence-corrected chi connectivity index (χ3v) is 4.49. The summed E-state index contributed by atoms with van der Waals surface area (Å²) in [6, 6.07) is 9.95. The second-order valence-electron chi connectivity index (χ2n) is 4.10. The molecular formula is C13H7N5O2S2. The van der Waals surface area contributed by atoms with E-state index in [1.165, 1.54) is 29.5 Å². The van der Waals surface area contributed by atoms with Gasteiger partial charge >= 0.3 is 0 Å². The van der Waals surface area contributed by atoms with Crippen molar-refractivity contribution in [3.63, 3.8) is 0 Å². The molecule has 0 fully saturated rings. The number of aromatic nitrogens is 3. The second-order valence-corrected chi connectivity index (χ2v) is 6.05. The van der Waals surface area contributed by atoms with Gasteiger partial charge in [0.2, 0.25) is 5.16 Å². The van der Waals surface area contributed by atoms with Crippen LogP contribution in [0.4, 0.5) is 5.69 Å². The molecule has 0 atom stereocenters. The van der Waals surface area contributed by atoms with Crippen LogP contribution < -0.4 is 0 Å². The number of nitrogens with one attached hydrogen (secondary N) is 1. The quantitative estimate of drug-likeness (QED) is 0.580. The smallest absolute Gasteiger partial charge is 0.258 e. The lowest BCUT2D eigenvalue weighted by molar-refractivity contribution is -0.387. The average Bonchev–Trinajstić information content (AvgIpc) is 3.17. The van der Waals surface area contributed by atoms with E-state index >= 15 is 0 Å². The highest BCUT2D eigenvalue weighted by atomic mass is 32.2. The Hall–Kier alpha value is -2.70. The minimum Gasteiger partial charge on any atom is -0.258 e. The number of hydrogen-bond acceptors (Lipinski definition) is 7. The number of nitriles is 1. The van der Waals surface area contributed by atoms with E-state index in [1.54, 1.807) is 0 Å². The van der Waals surface area contributed by atoms with Crippen molar-refractivity contribution in [3.8, 4) is 16.8 Å². The van der Waals surface area contributed by atoms with Crippen molar-refractivity contribution < 1.29 is 4.92 Å². The van der Waals surface area contributed by atoms with E-state index in [0.717, 1.165) is 16.6 Å². The van der Waals surface area contributed by atoms with Gasteiger partial charge in [-0.25, -0.2) is 4.98 Å². The highest BCUT2D eigenvalue weighted by Gasteiger charge is 2.18. The first kappa shape index (κ1) is 14.2. The van der Waals surface area contributed by atoms with Crippen LogP contribution in [-0.2, 0) is 0 Å². The largest absolute Gasteiger partial charge is 0.283 e. The van der Waals surface area contributed by atoms with Crippen LogP contribution in [0.5, 0.6) is 0 Å². The van der Waals surface area contributed by atoms with Crippen LogP contribution in [0.3, 0.4) is 0 Å². The fraction of sp³-hybridized carbons (Fsp3) is 0. The zero-order valence-corrected chi connectivity index (χ0v) is 12.5. The predicted octanol–water partition coefficient (Wildman–Crippen LogP) is 3.46. The van der Waals surface area contributed by atoms with Crippen LogP contribution in [0.15, 0.2) is 45.8 Å². The van der Waals surface area contributed by atoms with Crippen LogP contribution in [0.1, 0.15) is 5.56 Å². The Bertz CT molecular complexity index is 867. The molecule has 0 aliphatic carbocycles. The summed E-state index contributed by atoms with van der Waals surface area (Å²) < 4.78 is 0. The van der Waals surface area contributed by atoms with Gasteiger partial charge in [0.25, 0.3) is 5.69 Å². The molecule has 2 heterocycles. The molecule has 7 nitrogen and oxygen atoms in total. The normalized spacial score (nSPS) is 10.3. The van der Waals surface area contributed by atoms with E-state index in [4.69, 9.17) is 5.26 Å². The molecule has 108 valence electrons. The number of benzene rings is 1. The summed E-state index contributed by atoms with van der Waals surface area (Å²) >= 11 is 2.56. The Labute approximate surface area is 132 Å². The monoisotopic (exact) mass is 329 g/mol. The summed E-state index contributed by atoms with van der Waals surface area (Å²) in [5.74, 6) is 0.608. The number of H-pyrrole nitrogens is 1. The standard InChI is InChI=1S/C13H7N5O2S2/c14-7-8-3-4-9(18(19)20)11(6-8)22-13-15-12(16-17-13)10-2-1-5-21-10/h1-6H,(H,15,16,17). The van der Waals surface area contributed by atoms with Gasteiger partial charge in [0, 0.05) is 6.07 Å². The van der Waals surface area contributed by atoms with Crippen LogP contribution in [0, 0.1) is 21.4 Å². The van der Waals surface area contributed by atoms with Crippen molar-refractivity contribution in [1.29, 1.82) is 5.26 Å². The lowest BCUT2D eigenvalue weighted by atomic mass is 10.2. The zero-order valence-electron chi connectivity index (χ0n) is 10.9. The summed E-state index contributed by atoms with van der Waals surface area (Å²) in [5.41, 5.74) is 0.272. The summed E-state index contributed by atoms with van der Waals surface area (Å²) in [4.78, 5) is 16.1. The molecule has 0 saturated carbocycles. The summed E-state index contributed by atoms with van der Waals surface area (Å²) in [5, 5.41) is 29.1. The molecule has 0 aliphatic heterocycles. The summed E-state index contributed by atoms with van der Waals surface area (Å²) in [6.07, 6.45) is 0. The third-order valence-electron chi connectivity index (χ3n) is 2.71. The molecule has 2 aromatic heterocycles. The van der Waals surface area contributed by atoms with E-state index in [-0.39, 0.29) is 5.69 Å². The fourth-order valence-corrected chi connectivity index (χ4v) is 3.25. The number of nitro groups is 1. The number of aromatic amines is 1. The Kier molecular flexibility index (Phi) is 3.86. The molecule has 1 aromatic carbocycles. The van der Waals surface area contributed by atoms with Gasteiger partial charge in [-0.05, 0) is 35.3 Å². The molecule has 3 rings (SSSR count). The van der Waals surface area contributed by atoms with E-state index < -0.39 is 4.92 Å². The Morgan fingerprint density at radius 1 is 1.41 bits per heavy atom. The maximum absolute atomic E-state index is 11.1. The van der Waals surface area contributed by atoms with Crippen molar-refractivity contribution in [2.75, 3.05) is 0 Å². The third kappa shape index (κ3) is 2.83. The number of thiophene rings is 1. The molecule has 22 heavy (non-hydrogen) atoms. The maximum atomic E-state index is 11.1. The molecule has 0 saturated heterocycles. The Morgan fingerprint density at radius 2 is 2.27 bits per heavy atom. The molecule has 0 bridgehead atoms. The van der Waals surface area contributed by atoms with E-state index in [0.29, 0.717) is 21.4 Å². The van der Waals surface area contributed by atoms with Crippen LogP contribution >= 0.6 is 23.1 Å². The average molecular weight is 329 g/mol. The van der Waals surface area contributed by atoms with E-state index in [2.05, 4.69) is 15.2 Å². The van der Waals surface area contributed by atoms with Crippen molar-refractivity contribution in [1.82, 2.24) is 15.2 Å². The van der Waals surface area contributed by atoms with Crippen LogP contribution in [0.25, 0.3) is 10.7 Å². The topological polar surface area (TPSA) is 108 Å². The number of rotatable bonds is 4. The Balaban J connectivity index is 1.93. The summed E-state index contributed by atoms with van der Waals surface area (Å²) in [6.45, 7) is 0. The Morgan fingerprint density at radius 3 is 2.95 bits per heavy atom. The SMILES string of the molecule is N#Cc1ccc([N+](=O)[O-])c(Sc2n[nH]c(-c3cccs3)n2)c1. The molecular weight excluding hydrogens is 322 g/mol. The molecule has 3 aromatic rings. The molecule has 9 heteroatoms. The van der Waals surface area contributed by atoms with Gasteiger partial charge in [-0.2, -0.15) is 5.26 Å². The minimum absolute atomic E-state index is 0.0773. The van der Waals surface area contributed by atoms with Gasteiger partial charge in [0.05, 0.1) is 26.3 Å². The lowest BCUT2D eigenvalue weighted by Crippen LogP contribution is -1.92. The zero-order chi connectivity index (χ0) is 15.5. The van der Waals surface area contributed by atoms with Gasteiger partial charge < -0.3 is 0 Å². The number of nitrogens with zero attached hydrogens (tertiary/aromatic N) is 4. The first-order chi connectivity index (χ1) is 10.7. The number of nitro benzene ring substituents is 1. The minimum atomic E-state index is -0.490. The van der Waals surface area contributed by atoms with E-state index in [9.17, 15) is 10.1 Å². The van der Waals surface area contributed by atoms with E-state index in [1.807, 2.05) is 23.6 Å². The first-order valence-electron chi connectivity index (χ1n) is 6.00. The van der Waals surface area contributed by atoms with Gasteiger partial charge in [-0.1, -0.05) is 6.07 Å². The highest BCUT2D eigenvalue weighted by molar-refractivity contribution is 7.99. The van der Waals surface area contributed by atoms with Gasteiger partial charge in [0.15, 0.2) is 5.82 Å². The van der Waals surface area contributed by atoms with Crippen LogP contribution in [-0.4, -0.2) is 20.1 Å². The number of hydrogen-bond donors (Lipinski definition) is 1.